The summed E-state index contributed by atoms with van der Waals surface area (Å²) in [6, 6.07) is 2.01. The van der Waals surface area contributed by atoms with Crippen molar-refractivity contribution in [1.82, 2.24) is 9.13 Å². The van der Waals surface area contributed by atoms with E-state index in [0.29, 0.717) is 13.2 Å². The van der Waals surface area contributed by atoms with Gasteiger partial charge >= 0.3 is 17.8 Å². The van der Waals surface area contributed by atoms with Gasteiger partial charge in [0, 0.05) is 31.2 Å². The van der Waals surface area contributed by atoms with E-state index in [1.807, 2.05) is 0 Å². The molecule has 1 saturated heterocycles. The number of ether oxygens (including phenoxy) is 1. The number of thioether (sulfide) groups is 1. The molecule has 0 bridgehead atoms. The Morgan fingerprint density at radius 3 is 2.51 bits per heavy atom. The normalized spacial score (nSPS) is 18.3. The number of aromatic nitrogens is 2. The molecular formula is C22H23ClF4N2O5S. The fourth-order valence-electron chi connectivity index (χ4n) is 4.07. The molecule has 1 aliphatic heterocycles. The van der Waals surface area contributed by atoms with Gasteiger partial charge < -0.3 is 9.84 Å². The number of carboxylic acid groups (broad SMARTS) is 1. The third-order valence-corrected chi connectivity index (χ3v) is 8.00. The van der Waals surface area contributed by atoms with Crippen molar-refractivity contribution in [2.75, 3.05) is 13.2 Å². The number of hydrogen-bond donors (Lipinski definition) is 1. The van der Waals surface area contributed by atoms with Gasteiger partial charge in [-0.25, -0.2) is 13.8 Å². The largest absolute Gasteiger partial charge is 0.480 e. The van der Waals surface area contributed by atoms with Crippen LogP contribution in [-0.4, -0.2) is 38.2 Å². The smallest absolute Gasteiger partial charge is 0.431 e. The minimum absolute atomic E-state index is 0.0316. The van der Waals surface area contributed by atoms with Crippen LogP contribution in [0.2, 0.25) is 5.02 Å². The summed E-state index contributed by atoms with van der Waals surface area (Å²) in [5, 5.41) is 9.92. The summed E-state index contributed by atoms with van der Waals surface area (Å²) >= 11 is 7.04. The highest BCUT2D eigenvalue weighted by molar-refractivity contribution is 8.01. The summed E-state index contributed by atoms with van der Waals surface area (Å²) in [4.78, 5) is 37.5. The minimum atomic E-state index is -4.98. The molecule has 0 aliphatic carbocycles. The fraction of sp³-hybridized carbons (Fsp3) is 0.500. The molecule has 0 spiro atoms. The van der Waals surface area contributed by atoms with Gasteiger partial charge in [-0.3, -0.25) is 14.2 Å². The molecule has 7 nitrogen and oxygen atoms in total. The molecule has 2 atom stereocenters. The highest BCUT2D eigenvalue weighted by Gasteiger charge is 2.41. The van der Waals surface area contributed by atoms with Crippen LogP contribution in [-0.2, 0) is 22.8 Å². The molecule has 0 radical (unpaired) electrons. The van der Waals surface area contributed by atoms with Crippen molar-refractivity contribution < 1.29 is 32.2 Å². The lowest BCUT2D eigenvalue weighted by Gasteiger charge is -2.33. The third kappa shape index (κ3) is 5.59. The first kappa shape index (κ1) is 27.3. The first-order chi connectivity index (χ1) is 16.3. The molecule has 2 unspecified atom stereocenters. The highest BCUT2D eigenvalue weighted by Crippen LogP contribution is 2.45. The van der Waals surface area contributed by atoms with Crippen LogP contribution in [0.4, 0.5) is 17.6 Å². The molecule has 1 fully saturated rings. The van der Waals surface area contributed by atoms with Crippen LogP contribution in [0.3, 0.4) is 0 Å². The first-order valence-corrected chi connectivity index (χ1v) is 11.9. The topological polar surface area (TPSA) is 90.5 Å². The Bertz CT molecular complexity index is 1240. The molecule has 35 heavy (non-hydrogen) atoms. The van der Waals surface area contributed by atoms with E-state index >= 15 is 0 Å². The van der Waals surface area contributed by atoms with Crippen molar-refractivity contribution >= 4 is 29.3 Å². The van der Waals surface area contributed by atoms with E-state index in [0.717, 1.165) is 43.8 Å². The van der Waals surface area contributed by atoms with E-state index in [1.165, 1.54) is 0 Å². The van der Waals surface area contributed by atoms with Gasteiger partial charge in [-0.15, -0.1) is 11.8 Å². The Labute approximate surface area is 206 Å². The second-order valence-electron chi connectivity index (χ2n) is 8.32. The predicted octanol–water partition coefficient (Wildman–Crippen LogP) is 4.49. The van der Waals surface area contributed by atoms with Gasteiger partial charge in [-0.05, 0) is 43.7 Å². The Hall–Kier alpha value is -2.31. The van der Waals surface area contributed by atoms with Crippen molar-refractivity contribution in [3.63, 3.8) is 0 Å². The Kier molecular flexibility index (Phi) is 8.07. The molecule has 2 heterocycles. The first-order valence-electron chi connectivity index (χ1n) is 10.7. The Morgan fingerprint density at radius 1 is 1.29 bits per heavy atom. The maximum atomic E-state index is 14.8. The summed E-state index contributed by atoms with van der Waals surface area (Å²) in [6.45, 7) is 2.67. The van der Waals surface area contributed by atoms with Crippen LogP contribution < -0.4 is 11.2 Å². The summed E-state index contributed by atoms with van der Waals surface area (Å²) in [7, 11) is 0.809. The van der Waals surface area contributed by atoms with E-state index in [2.05, 4.69) is 0 Å². The molecule has 0 amide bonds. The Balaban J connectivity index is 2.11. The quantitative estimate of drug-likeness (QED) is 0.413. The molecule has 192 valence electrons. The van der Waals surface area contributed by atoms with E-state index in [-0.39, 0.29) is 43.9 Å². The van der Waals surface area contributed by atoms with Crippen LogP contribution in [0.15, 0.2) is 32.7 Å². The lowest BCUT2D eigenvalue weighted by atomic mass is 9.88. The van der Waals surface area contributed by atoms with Gasteiger partial charge in [0.05, 0.1) is 10.7 Å². The van der Waals surface area contributed by atoms with Crippen molar-refractivity contribution in [2.24, 2.45) is 13.0 Å². The van der Waals surface area contributed by atoms with Gasteiger partial charge in [-0.2, -0.15) is 13.2 Å². The molecular weight excluding hydrogens is 516 g/mol. The van der Waals surface area contributed by atoms with Gasteiger partial charge in [0.25, 0.3) is 5.56 Å². The monoisotopic (exact) mass is 538 g/mol. The maximum Gasteiger partial charge on any atom is 0.431 e. The number of rotatable bonds is 7. The lowest BCUT2D eigenvalue weighted by Crippen LogP contribution is -2.41. The summed E-state index contributed by atoms with van der Waals surface area (Å²) in [6.07, 6.45) is -3.01. The number of benzene rings is 1. The molecule has 1 aliphatic rings. The second-order valence-corrected chi connectivity index (χ2v) is 10.2. The van der Waals surface area contributed by atoms with Crippen molar-refractivity contribution in [2.45, 2.75) is 48.4 Å². The van der Waals surface area contributed by atoms with Gasteiger partial charge in [-0.1, -0.05) is 18.5 Å². The van der Waals surface area contributed by atoms with E-state index in [1.54, 1.807) is 6.92 Å². The average Bonchev–Trinajstić information content (AvgIpc) is 2.78. The summed E-state index contributed by atoms with van der Waals surface area (Å²) < 4.78 is 58.9. The van der Waals surface area contributed by atoms with Crippen LogP contribution in [0, 0.1) is 11.7 Å². The molecule has 13 heteroatoms. The highest BCUT2D eigenvalue weighted by atomic mass is 35.5. The van der Waals surface area contributed by atoms with Crippen LogP contribution >= 0.6 is 23.4 Å². The number of aliphatic carboxylic acids is 1. The Morgan fingerprint density at radius 2 is 1.97 bits per heavy atom. The number of carbonyl (C=O) groups is 1. The molecule has 0 saturated carbocycles. The average molecular weight is 539 g/mol. The van der Waals surface area contributed by atoms with Crippen LogP contribution in [0.5, 0.6) is 0 Å². The number of nitrogens with zero attached hydrogens (tertiary/aromatic N) is 2. The van der Waals surface area contributed by atoms with Crippen molar-refractivity contribution in [1.29, 1.82) is 0 Å². The lowest BCUT2D eigenvalue weighted by molar-refractivity contribution is -0.144. The fourth-order valence-corrected chi connectivity index (χ4v) is 5.64. The van der Waals surface area contributed by atoms with E-state index in [4.69, 9.17) is 16.3 Å². The number of alkyl halides is 3. The van der Waals surface area contributed by atoms with Gasteiger partial charge in [0.15, 0.2) is 0 Å². The number of hydrogen-bond acceptors (Lipinski definition) is 5. The standard InChI is InChI=1S/C22H23ClF4N2O5S/c1-3-21(19(31)32,10-12-5-4-6-34-11-12)35-16-8-15(14(24)7-13(16)23)29-18(30)9-17(22(25,26)27)28(2)20(29)33/h7-9,12H,3-6,10-11H2,1-2H3,(H,31,32). The third-order valence-electron chi connectivity index (χ3n) is 5.99. The van der Waals surface area contributed by atoms with Gasteiger partial charge in [0.1, 0.15) is 16.3 Å². The maximum absolute atomic E-state index is 14.8. The van der Waals surface area contributed by atoms with Crippen molar-refractivity contribution in [3.05, 3.63) is 55.6 Å². The molecule has 2 aromatic rings. The number of carboxylic acids is 1. The number of halogens is 5. The second kappa shape index (κ2) is 10.4. The minimum Gasteiger partial charge on any atom is -0.480 e. The molecule has 3 rings (SSSR count). The SMILES string of the molecule is CCC(CC1CCCOC1)(Sc1cc(-n2c(=O)cc(C(F)(F)F)n(C)c2=O)c(F)cc1Cl)C(=O)O. The zero-order chi connectivity index (χ0) is 26.1. The predicted molar refractivity (Wildman–Crippen MR) is 122 cm³/mol. The van der Waals surface area contributed by atoms with Gasteiger partial charge in [0.2, 0.25) is 0 Å². The summed E-state index contributed by atoms with van der Waals surface area (Å²) in [5.74, 6) is -2.28. The zero-order valence-electron chi connectivity index (χ0n) is 18.8. The van der Waals surface area contributed by atoms with E-state index in [9.17, 15) is 37.1 Å². The molecule has 1 aromatic heterocycles. The zero-order valence-corrected chi connectivity index (χ0v) is 20.4. The van der Waals surface area contributed by atoms with Crippen LogP contribution in [0.1, 0.15) is 38.3 Å². The molecule has 1 N–H and O–H groups in total. The summed E-state index contributed by atoms with van der Waals surface area (Å²) in [5.41, 5.74) is -4.93. The van der Waals surface area contributed by atoms with E-state index < -0.39 is 45.3 Å². The molecule has 1 aromatic carbocycles. The van der Waals surface area contributed by atoms with Crippen molar-refractivity contribution in [3.8, 4) is 5.69 Å². The van der Waals surface area contributed by atoms with Crippen LogP contribution in [0.25, 0.3) is 5.69 Å².